The summed E-state index contributed by atoms with van der Waals surface area (Å²) in [4.78, 5) is 24.2. The number of benzene rings is 1. The minimum Gasteiger partial charge on any atom is -0.507 e. The second-order valence-corrected chi connectivity index (χ2v) is 6.82. The van der Waals surface area contributed by atoms with Crippen molar-refractivity contribution < 1.29 is 27.8 Å². The summed E-state index contributed by atoms with van der Waals surface area (Å²) in [6.45, 7) is 5.57. The van der Waals surface area contributed by atoms with E-state index in [9.17, 15) is 23.1 Å². The van der Waals surface area contributed by atoms with Gasteiger partial charge in [-0.1, -0.05) is 13.0 Å². The molecule has 1 aliphatic rings. The van der Waals surface area contributed by atoms with E-state index in [1.807, 2.05) is 19.9 Å². The largest absolute Gasteiger partial charge is 0.507 e. The third-order valence-electron chi connectivity index (χ3n) is 4.59. The molecule has 34 heavy (non-hydrogen) atoms. The average molecular weight is 474 g/mol. The van der Waals surface area contributed by atoms with Gasteiger partial charge < -0.3 is 15.2 Å². The van der Waals surface area contributed by atoms with E-state index in [4.69, 9.17) is 4.74 Å². The highest BCUT2D eigenvalue weighted by Crippen LogP contribution is 2.37. The van der Waals surface area contributed by atoms with Crippen LogP contribution in [0.3, 0.4) is 0 Å². The molecule has 0 fully saturated rings. The number of phenols is 1. The Hall–Kier alpha value is -3.95. The summed E-state index contributed by atoms with van der Waals surface area (Å²) in [5.74, 6) is -3.69. The Morgan fingerprint density at radius 3 is 2.50 bits per heavy atom. The first-order valence-electron chi connectivity index (χ1n) is 10.3. The van der Waals surface area contributed by atoms with Gasteiger partial charge in [0.15, 0.2) is 11.7 Å². The minimum atomic E-state index is -1.11. The molecule has 7 nitrogen and oxygen atoms in total. The first kappa shape index (κ1) is 26.3. The number of nitrogens with one attached hydrogen (secondary N) is 1. The number of carbonyl (C=O) groups excluding carboxylic acids is 1. The molecule has 0 radical (unpaired) electrons. The van der Waals surface area contributed by atoms with E-state index in [1.165, 1.54) is 13.2 Å². The molecule has 0 amide bonds. The van der Waals surface area contributed by atoms with Crippen molar-refractivity contribution in [2.75, 3.05) is 7.11 Å². The number of hydrogen-bond acceptors (Lipinski definition) is 7. The number of nitrogens with zero attached hydrogens (tertiary/aromatic N) is 3. The number of amidine groups is 1. The number of rotatable bonds is 5. The summed E-state index contributed by atoms with van der Waals surface area (Å²) in [5.41, 5.74) is 0.298. The van der Waals surface area contributed by atoms with E-state index in [-0.39, 0.29) is 22.7 Å². The zero-order chi connectivity index (χ0) is 25.3. The topological polar surface area (TPSA) is 96.2 Å². The fourth-order valence-corrected chi connectivity index (χ4v) is 3.08. The number of phenolic OH excluding ortho intramolecular Hbond substituents is 1. The molecule has 1 aliphatic heterocycles. The zero-order valence-electron chi connectivity index (χ0n) is 19.1. The van der Waals surface area contributed by atoms with Gasteiger partial charge in [-0.3, -0.25) is 9.98 Å². The van der Waals surface area contributed by atoms with Crippen LogP contribution in [0.1, 0.15) is 44.5 Å². The Bertz CT molecular complexity index is 1150. The van der Waals surface area contributed by atoms with Crippen molar-refractivity contribution in [2.45, 2.75) is 33.2 Å². The lowest BCUT2D eigenvalue weighted by Gasteiger charge is -2.27. The number of methoxy groups -OCH3 is 1. The Morgan fingerprint density at radius 2 is 1.97 bits per heavy atom. The van der Waals surface area contributed by atoms with Gasteiger partial charge in [0, 0.05) is 35.8 Å². The molecule has 0 spiro atoms. The molecule has 0 aliphatic carbocycles. The van der Waals surface area contributed by atoms with Crippen molar-refractivity contribution in [1.29, 1.82) is 0 Å². The van der Waals surface area contributed by atoms with Crippen molar-refractivity contribution in [3.05, 3.63) is 82.7 Å². The summed E-state index contributed by atoms with van der Waals surface area (Å²) in [7, 11) is 1.19. The van der Waals surface area contributed by atoms with Crippen LogP contribution in [0.4, 0.5) is 13.2 Å². The summed E-state index contributed by atoms with van der Waals surface area (Å²) in [6, 6.07) is 2.80. The Kier molecular flexibility index (Phi) is 9.54. The van der Waals surface area contributed by atoms with Crippen molar-refractivity contribution in [2.24, 2.45) is 9.98 Å². The highest BCUT2D eigenvalue weighted by Gasteiger charge is 2.33. The number of aromatic hydroxyl groups is 1. The van der Waals surface area contributed by atoms with E-state index in [1.54, 1.807) is 19.3 Å². The number of aromatic nitrogens is 1. The molecule has 3 rings (SSSR count). The maximum atomic E-state index is 14.2. The summed E-state index contributed by atoms with van der Waals surface area (Å²) in [6.07, 6.45) is 6.53. The van der Waals surface area contributed by atoms with Crippen LogP contribution in [-0.4, -0.2) is 35.2 Å². The molecule has 0 saturated carbocycles. The molecular weight excluding hydrogens is 449 g/mol. The molecular formula is C24H25F3N4O3. The molecule has 0 bridgehead atoms. The summed E-state index contributed by atoms with van der Waals surface area (Å²) in [5, 5.41) is 13.0. The SMILES string of the molecule is CC=N/C=C\C.CCC1=C(C(=O)OC)[C@H](c2ccc(F)cc2O)N=C(c2ncc(F)cc2F)N1. The van der Waals surface area contributed by atoms with Gasteiger partial charge >= 0.3 is 5.97 Å². The van der Waals surface area contributed by atoms with Gasteiger partial charge in [0.25, 0.3) is 0 Å². The summed E-state index contributed by atoms with van der Waals surface area (Å²) < 4.78 is 45.6. The van der Waals surface area contributed by atoms with Gasteiger partial charge in [-0.05, 0) is 32.4 Å². The van der Waals surface area contributed by atoms with Crippen LogP contribution in [0.5, 0.6) is 5.75 Å². The van der Waals surface area contributed by atoms with Crippen LogP contribution < -0.4 is 5.32 Å². The van der Waals surface area contributed by atoms with Gasteiger partial charge in [-0.2, -0.15) is 0 Å². The maximum absolute atomic E-state index is 14.2. The molecule has 0 unspecified atom stereocenters. The van der Waals surface area contributed by atoms with Crippen LogP contribution >= 0.6 is 0 Å². The van der Waals surface area contributed by atoms with Gasteiger partial charge in [-0.25, -0.2) is 22.9 Å². The second kappa shape index (κ2) is 12.3. The van der Waals surface area contributed by atoms with E-state index >= 15 is 0 Å². The first-order chi connectivity index (χ1) is 16.3. The molecule has 10 heteroatoms. The van der Waals surface area contributed by atoms with E-state index in [0.29, 0.717) is 18.2 Å². The average Bonchev–Trinajstić information content (AvgIpc) is 2.82. The van der Waals surface area contributed by atoms with Gasteiger partial charge in [0.1, 0.15) is 29.1 Å². The molecule has 1 aromatic heterocycles. The minimum absolute atomic E-state index is 0.0595. The molecule has 2 N–H and O–H groups in total. The quantitative estimate of drug-likeness (QED) is 0.482. The smallest absolute Gasteiger partial charge is 0.338 e. The van der Waals surface area contributed by atoms with E-state index < -0.39 is 35.2 Å². The monoisotopic (exact) mass is 474 g/mol. The maximum Gasteiger partial charge on any atom is 0.338 e. The lowest BCUT2D eigenvalue weighted by atomic mass is 9.94. The van der Waals surface area contributed by atoms with Crippen LogP contribution in [0.15, 0.2) is 64.0 Å². The number of esters is 1. The van der Waals surface area contributed by atoms with Gasteiger partial charge in [-0.15, -0.1) is 0 Å². The number of pyridine rings is 1. The molecule has 180 valence electrons. The first-order valence-corrected chi connectivity index (χ1v) is 10.3. The number of hydrogen-bond donors (Lipinski definition) is 2. The Balaban J connectivity index is 0.000000604. The van der Waals surface area contributed by atoms with Crippen molar-refractivity contribution >= 4 is 18.0 Å². The number of allylic oxidation sites excluding steroid dienone is 2. The van der Waals surface area contributed by atoms with Crippen LogP contribution in [-0.2, 0) is 9.53 Å². The number of carbonyl (C=O) groups is 1. The van der Waals surface area contributed by atoms with Gasteiger partial charge in [0.2, 0.25) is 0 Å². The van der Waals surface area contributed by atoms with Crippen LogP contribution in [0.2, 0.25) is 0 Å². The lowest BCUT2D eigenvalue weighted by Crippen LogP contribution is -2.34. The molecule has 2 heterocycles. The van der Waals surface area contributed by atoms with Crippen LogP contribution in [0.25, 0.3) is 0 Å². The van der Waals surface area contributed by atoms with Crippen molar-refractivity contribution in [1.82, 2.24) is 10.3 Å². The standard InChI is InChI=1S/C19H16F3N3O3.C5H9N/c1-3-13-15(19(27)28-2)16(11-5-4-9(20)7-14(11)26)25-18(24-13)17-12(22)6-10(21)8-23-17;1-3-5-6-4-2/h4-8,16,26H,3H2,1-2H3,(H,24,25);3-5H,1-2H3/b;5-3-,6-4?/t16-;/m0./s1. The molecule has 1 atom stereocenters. The molecule has 1 aromatic carbocycles. The van der Waals surface area contributed by atoms with Crippen molar-refractivity contribution in [3.63, 3.8) is 0 Å². The highest BCUT2D eigenvalue weighted by atomic mass is 19.1. The fourth-order valence-electron chi connectivity index (χ4n) is 3.08. The predicted molar refractivity (Wildman–Crippen MR) is 123 cm³/mol. The van der Waals surface area contributed by atoms with Crippen LogP contribution in [0, 0.1) is 17.5 Å². The Labute approximate surface area is 195 Å². The highest BCUT2D eigenvalue weighted by molar-refractivity contribution is 6.02. The zero-order valence-corrected chi connectivity index (χ0v) is 19.1. The number of halogens is 3. The second-order valence-electron chi connectivity index (χ2n) is 6.82. The normalized spacial score (nSPS) is 15.6. The third-order valence-corrected chi connectivity index (χ3v) is 4.59. The Morgan fingerprint density at radius 1 is 1.24 bits per heavy atom. The lowest BCUT2D eigenvalue weighted by molar-refractivity contribution is -0.136. The summed E-state index contributed by atoms with van der Waals surface area (Å²) >= 11 is 0. The van der Waals surface area contributed by atoms with Crippen molar-refractivity contribution in [3.8, 4) is 5.75 Å². The van der Waals surface area contributed by atoms with E-state index in [0.717, 1.165) is 18.3 Å². The predicted octanol–water partition coefficient (Wildman–Crippen LogP) is 4.74. The van der Waals surface area contributed by atoms with Gasteiger partial charge in [0.05, 0.1) is 18.9 Å². The van der Waals surface area contributed by atoms with E-state index in [2.05, 4.69) is 20.3 Å². The molecule has 0 saturated heterocycles. The number of ether oxygens (including phenoxy) is 1. The molecule has 2 aromatic rings. The fraction of sp³-hybridized carbons (Fsp3) is 0.250. The third kappa shape index (κ3) is 6.31. The number of aliphatic imine (C=N–C) groups is 2.